The number of carbonyl (C=O) groups excluding carboxylic acids is 1. The molecule has 2 fully saturated rings. The number of amides is 1. The average molecular weight is 438 g/mol. The molecule has 0 aliphatic carbocycles. The molecule has 2 aliphatic heterocycles. The highest BCUT2D eigenvalue weighted by atomic mass is 35.5. The van der Waals surface area contributed by atoms with Gasteiger partial charge in [0.25, 0.3) is 0 Å². The van der Waals surface area contributed by atoms with Gasteiger partial charge in [0.05, 0.1) is 22.9 Å². The van der Waals surface area contributed by atoms with Crippen molar-refractivity contribution in [2.75, 3.05) is 18.0 Å². The molecule has 7 nitrogen and oxygen atoms in total. The number of hydrogen-bond acceptors (Lipinski definition) is 5. The number of ether oxygens (including phenoxy) is 1. The van der Waals surface area contributed by atoms with Crippen molar-refractivity contribution in [1.29, 1.82) is 0 Å². The zero-order valence-electron chi connectivity index (χ0n) is 17.5. The van der Waals surface area contributed by atoms with E-state index in [0.717, 1.165) is 53.9 Å². The first-order chi connectivity index (χ1) is 14.9. The number of anilines is 1. The molecular formula is C23H24ClN5O2. The number of nitrogens with zero attached hydrogens (tertiary/aromatic N) is 4. The van der Waals surface area contributed by atoms with Crippen molar-refractivity contribution < 1.29 is 9.53 Å². The maximum absolute atomic E-state index is 11.7. The molecule has 5 rings (SSSR count). The summed E-state index contributed by atoms with van der Waals surface area (Å²) < 4.78 is 7.45. The smallest absolute Gasteiger partial charge is 0.408 e. The number of halogens is 1. The van der Waals surface area contributed by atoms with Gasteiger partial charge in [0, 0.05) is 62.7 Å². The van der Waals surface area contributed by atoms with E-state index in [-0.39, 0.29) is 12.1 Å². The molecule has 3 aromatic rings. The molecular weight excluding hydrogens is 414 g/mol. The monoisotopic (exact) mass is 437 g/mol. The number of aromatic nitrogens is 3. The zero-order valence-corrected chi connectivity index (χ0v) is 18.3. The Labute approximate surface area is 186 Å². The highest BCUT2D eigenvalue weighted by Crippen LogP contribution is 2.41. The van der Waals surface area contributed by atoms with E-state index in [2.05, 4.69) is 44.6 Å². The molecule has 0 saturated carbocycles. The summed E-state index contributed by atoms with van der Waals surface area (Å²) in [6.07, 6.45) is 8.60. The van der Waals surface area contributed by atoms with Crippen LogP contribution in [0.15, 0.2) is 49.1 Å². The Morgan fingerprint density at radius 1 is 1.10 bits per heavy atom. The summed E-state index contributed by atoms with van der Waals surface area (Å²) >= 11 is 6.63. The minimum atomic E-state index is -0.432. The van der Waals surface area contributed by atoms with Crippen LogP contribution in [0.25, 0.3) is 22.3 Å². The van der Waals surface area contributed by atoms with Crippen LogP contribution in [0.2, 0.25) is 5.02 Å². The van der Waals surface area contributed by atoms with Gasteiger partial charge in [-0.3, -0.25) is 9.67 Å². The fourth-order valence-corrected chi connectivity index (χ4v) is 4.91. The first-order valence-electron chi connectivity index (χ1n) is 10.4. The van der Waals surface area contributed by atoms with Crippen LogP contribution >= 0.6 is 11.6 Å². The molecule has 2 aliphatic rings. The number of benzene rings is 1. The number of nitrogens with one attached hydrogen (secondary N) is 1. The third-order valence-electron chi connectivity index (χ3n) is 6.45. The Balaban J connectivity index is 1.42. The van der Waals surface area contributed by atoms with Crippen LogP contribution in [-0.2, 0) is 11.8 Å². The lowest BCUT2D eigenvalue weighted by molar-refractivity contribution is 0.0188. The van der Waals surface area contributed by atoms with E-state index in [1.165, 1.54) is 0 Å². The maximum atomic E-state index is 11.7. The van der Waals surface area contributed by atoms with Crippen LogP contribution in [0.4, 0.5) is 10.5 Å². The molecule has 4 heterocycles. The largest absolute Gasteiger partial charge is 0.441 e. The lowest BCUT2D eigenvalue weighted by Gasteiger charge is -2.41. The molecule has 0 bridgehead atoms. The van der Waals surface area contributed by atoms with Crippen molar-refractivity contribution in [3.8, 4) is 22.3 Å². The van der Waals surface area contributed by atoms with Gasteiger partial charge in [-0.05, 0) is 18.1 Å². The lowest BCUT2D eigenvalue weighted by Crippen LogP contribution is -2.51. The van der Waals surface area contributed by atoms with Crippen LogP contribution in [0, 0.1) is 0 Å². The predicted molar refractivity (Wildman–Crippen MR) is 120 cm³/mol. The second-order valence-electron chi connectivity index (χ2n) is 8.30. The Kier molecular flexibility index (Phi) is 4.85. The van der Waals surface area contributed by atoms with Crippen LogP contribution in [-0.4, -0.2) is 45.6 Å². The second kappa shape index (κ2) is 7.57. The summed E-state index contributed by atoms with van der Waals surface area (Å²) in [5, 5.41) is 7.75. The van der Waals surface area contributed by atoms with Gasteiger partial charge in [-0.25, -0.2) is 4.79 Å². The van der Waals surface area contributed by atoms with Gasteiger partial charge in [-0.15, -0.1) is 0 Å². The molecule has 2 saturated heterocycles. The van der Waals surface area contributed by atoms with Gasteiger partial charge in [-0.2, -0.15) is 5.10 Å². The van der Waals surface area contributed by atoms with Crippen molar-refractivity contribution in [1.82, 2.24) is 20.1 Å². The van der Waals surface area contributed by atoms with Crippen molar-refractivity contribution >= 4 is 23.4 Å². The molecule has 1 N–H and O–H groups in total. The Morgan fingerprint density at radius 2 is 1.81 bits per heavy atom. The number of aryl methyl sites for hydroxylation is 1. The van der Waals surface area contributed by atoms with Crippen molar-refractivity contribution in [3.63, 3.8) is 0 Å². The van der Waals surface area contributed by atoms with E-state index < -0.39 is 5.60 Å². The first-order valence-corrected chi connectivity index (χ1v) is 10.8. The summed E-state index contributed by atoms with van der Waals surface area (Å²) in [5.41, 5.74) is 4.78. The van der Waals surface area contributed by atoms with E-state index >= 15 is 0 Å². The van der Waals surface area contributed by atoms with Gasteiger partial charge in [0.15, 0.2) is 0 Å². The molecule has 8 heteroatoms. The molecule has 1 spiro atoms. The summed E-state index contributed by atoms with van der Waals surface area (Å²) in [5.74, 6) is 0. The van der Waals surface area contributed by atoms with Crippen molar-refractivity contribution in [2.45, 2.75) is 31.4 Å². The number of pyridine rings is 1. The molecule has 1 atom stereocenters. The fraction of sp³-hybridized carbons (Fsp3) is 0.348. The number of hydrogen-bond donors (Lipinski definition) is 1. The Bertz CT molecular complexity index is 1120. The van der Waals surface area contributed by atoms with E-state index in [1.807, 2.05) is 32.6 Å². The molecule has 0 radical (unpaired) electrons. The molecule has 1 unspecified atom stereocenters. The molecule has 160 valence electrons. The van der Waals surface area contributed by atoms with Gasteiger partial charge >= 0.3 is 6.09 Å². The summed E-state index contributed by atoms with van der Waals surface area (Å²) in [6.45, 7) is 3.52. The SMILES string of the molecule is CC1NC(=O)OC12CCN(c1c(Cl)cncc1-c1ccc(-c3cnn(C)c3)cc1)CC2. The number of rotatable bonds is 3. The maximum Gasteiger partial charge on any atom is 0.408 e. The topological polar surface area (TPSA) is 72.3 Å². The van der Waals surface area contributed by atoms with Crippen LogP contribution < -0.4 is 10.2 Å². The number of alkyl carbamates (subject to hydrolysis) is 1. The van der Waals surface area contributed by atoms with E-state index in [9.17, 15) is 4.79 Å². The average Bonchev–Trinajstić information content (AvgIpc) is 3.31. The van der Waals surface area contributed by atoms with Gasteiger partial charge in [-0.1, -0.05) is 35.9 Å². The minimum Gasteiger partial charge on any atom is -0.441 e. The lowest BCUT2D eigenvalue weighted by atomic mass is 9.85. The summed E-state index contributed by atoms with van der Waals surface area (Å²) in [4.78, 5) is 18.3. The van der Waals surface area contributed by atoms with Crippen molar-refractivity contribution in [3.05, 3.63) is 54.1 Å². The van der Waals surface area contributed by atoms with Gasteiger partial charge in [0.2, 0.25) is 0 Å². The van der Waals surface area contributed by atoms with E-state index in [1.54, 1.807) is 10.9 Å². The quantitative estimate of drug-likeness (QED) is 0.662. The van der Waals surface area contributed by atoms with Gasteiger partial charge < -0.3 is 15.0 Å². The third-order valence-corrected chi connectivity index (χ3v) is 6.73. The molecule has 1 amide bonds. The minimum absolute atomic E-state index is 0.00885. The predicted octanol–water partition coefficient (Wildman–Crippen LogP) is 4.27. The zero-order chi connectivity index (χ0) is 21.6. The van der Waals surface area contributed by atoms with E-state index in [4.69, 9.17) is 16.3 Å². The van der Waals surface area contributed by atoms with Crippen LogP contribution in [0.1, 0.15) is 19.8 Å². The second-order valence-corrected chi connectivity index (χ2v) is 8.71. The number of carbonyl (C=O) groups is 1. The van der Waals surface area contributed by atoms with E-state index in [0.29, 0.717) is 5.02 Å². The van der Waals surface area contributed by atoms with Gasteiger partial charge in [0.1, 0.15) is 5.60 Å². The highest BCUT2D eigenvalue weighted by Gasteiger charge is 2.48. The summed E-state index contributed by atoms with van der Waals surface area (Å²) in [7, 11) is 1.91. The summed E-state index contributed by atoms with van der Waals surface area (Å²) in [6, 6.07) is 8.38. The Hall–Kier alpha value is -3.06. The molecule has 31 heavy (non-hydrogen) atoms. The third kappa shape index (κ3) is 3.53. The molecule has 1 aromatic carbocycles. The van der Waals surface area contributed by atoms with Crippen molar-refractivity contribution in [2.24, 2.45) is 7.05 Å². The number of piperidine rings is 1. The highest BCUT2D eigenvalue weighted by molar-refractivity contribution is 6.33. The van der Waals surface area contributed by atoms with Crippen LogP contribution in [0.5, 0.6) is 0 Å². The first kappa shape index (κ1) is 19.9. The Morgan fingerprint density at radius 3 is 2.42 bits per heavy atom. The normalized spacial score (nSPS) is 20.0. The fourth-order valence-electron chi connectivity index (χ4n) is 4.63. The molecule has 2 aromatic heterocycles. The van der Waals surface area contributed by atoms with Crippen LogP contribution in [0.3, 0.4) is 0 Å². The standard InChI is InChI=1S/C23H24ClN5O2/c1-15-23(31-22(30)27-15)7-9-29(10-8-23)21-19(12-25-13-20(21)24)17-5-3-16(4-6-17)18-11-26-28(2)14-18/h3-6,11-15H,7-10H2,1-2H3,(H,27,30).